The second-order valence-electron chi connectivity index (χ2n) is 7.37. The van der Waals surface area contributed by atoms with Gasteiger partial charge in [0.2, 0.25) is 5.88 Å². The summed E-state index contributed by atoms with van der Waals surface area (Å²) in [5, 5.41) is 0. The Bertz CT molecular complexity index is 1240. The van der Waals surface area contributed by atoms with Gasteiger partial charge in [0.05, 0.1) is 11.2 Å². The lowest BCUT2D eigenvalue weighted by Gasteiger charge is -2.36. The molecule has 1 N–H and O–H groups in total. The molecule has 0 radical (unpaired) electrons. The summed E-state index contributed by atoms with van der Waals surface area (Å²) >= 11 is 0. The first-order valence-electron chi connectivity index (χ1n) is 10.0. The number of hydrogen-bond donors (Lipinski definition) is 1. The molecule has 154 valence electrons. The van der Waals surface area contributed by atoms with Crippen molar-refractivity contribution in [1.29, 1.82) is 0 Å². The molecule has 0 bridgehead atoms. The van der Waals surface area contributed by atoms with Gasteiger partial charge in [0.25, 0.3) is 5.56 Å². The van der Waals surface area contributed by atoms with Gasteiger partial charge in [-0.05, 0) is 30.3 Å². The summed E-state index contributed by atoms with van der Waals surface area (Å²) in [4.78, 5) is 23.8. The molecule has 1 fully saturated rings. The number of anilines is 1. The van der Waals surface area contributed by atoms with Gasteiger partial charge in [0.1, 0.15) is 17.9 Å². The third kappa shape index (κ3) is 3.50. The first-order chi connectivity index (χ1) is 14.7. The number of aromatic nitrogens is 3. The van der Waals surface area contributed by atoms with Crippen LogP contribution in [0.15, 0.2) is 59.5 Å². The molecule has 30 heavy (non-hydrogen) atoms. The molecular weight excluding hydrogens is 385 g/mol. The molecule has 5 rings (SSSR count). The number of aromatic amines is 1. The average Bonchev–Trinajstić information content (AvgIpc) is 3.26. The largest absolute Gasteiger partial charge is 0.476 e. The number of piperazine rings is 1. The quantitative estimate of drug-likeness (QED) is 0.551. The molecule has 4 aromatic rings. The smallest absolute Gasteiger partial charge is 0.272 e. The van der Waals surface area contributed by atoms with Crippen molar-refractivity contribution in [1.82, 2.24) is 19.3 Å². The van der Waals surface area contributed by atoms with Gasteiger partial charge in [-0.25, -0.2) is 4.39 Å². The third-order valence-corrected chi connectivity index (χ3v) is 5.53. The summed E-state index contributed by atoms with van der Waals surface area (Å²) in [6, 6.07) is 14.1. The normalized spacial score (nSPS) is 15.2. The summed E-state index contributed by atoms with van der Waals surface area (Å²) in [7, 11) is 0. The molecule has 0 spiro atoms. The van der Waals surface area contributed by atoms with Gasteiger partial charge in [-0.2, -0.15) is 4.98 Å². The van der Waals surface area contributed by atoms with E-state index >= 15 is 0 Å². The zero-order valence-electron chi connectivity index (χ0n) is 16.4. The van der Waals surface area contributed by atoms with Gasteiger partial charge < -0.3 is 14.6 Å². The summed E-state index contributed by atoms with van der Waals surface area (Å²) in [6.45, 7) is 4.57. The Kier molecular flexibility index (Phi) is 4.84. The monoisotopic (exact) mass is 407 g/mol. The fourth-order valence-corrected chi connectivity index (χ4v) is 3.93. The summed E-state index contributed by atoms with van der Waals surface area (Å²) in [5.74, 6) is 0.351. The van der Waals surface area contributed by atoms with Gasteiger partial charge >= 0.3 is 0 Å². The van der Waals surface area contributed by atoms with Crippen LogP contribution >= 0.6 is 0 Å². The molecule has 1 saturated heterocycles. The van der Waals surface area contributed by atoms with Crippen LogP contribution in [0.4, 0.5) is 10.1 Å². The number of nitrogens with zero attached hydrogens (tertiary/aromatic N) is 4. The van der Waals surface area contributed by atoms with Crippen molar-refractivity contribution >= 4 is 22.4 Å². The molecule has 0 amide bonds. The van der Waals surface area contributed by atoms with E-state index in [1.165, 1.54) is 6.07 Å². The molecule has 0 saturated carbocycles. The van der Waals surface area contributed by atoms with Gasteiger partial charge in [0, 0.05) is 45.0 Å². The van der Waals surface area contributed by atoms with E-state index in [1.807, 2.05) is 30.5 Å². The summed E-state index contributed by atoms with van der Waals surface area (Å²) in [6.07, 6.45) is 1.82. The van der Waals surface area contributed by atoms with E-state index < -0.39 is 0 Å². The van der Waals surface area contributed by atoms with E-state index in [2.05, 4.69) is 19.8 Å². The van der Waals surface area contributed by atoms with Gasteiger partial charge in [0.15, 0.2) is 5.65 Å². The lowest BCUT2D eigenvalue weighted by molar-refractivity contribution is 0.197. The Labute approximate surface area is 172 Å². The number of ether oxygens (including phenoxy) is 1. The average molecular weight is 407 g/mol. The lowest BCUT2D eigenvalue weighted by atomic mass is 10.2. The highest BCUT2D eigenvalue weighted by Crippen LogP contribution is 2.20. The third-order valence-electron chi connectivity index (χ3n) is 5.53. The number of fused-ring (bicyclic) bond motifs is 3. The van der Waals surface area contributed by atoms with E-state index in [0.29, 0.717) is 34.9 Å². The van der Waals surface area contributed by atoms with Crippen molar-refractivity contribution in [2.45, 2.75) is 0 Å². The Morgan fingerprint density at radius 3 is 2.70 bits per heavy atom. The van der Waals surface area contributed by atoms with Crippen LogP contribution in [0.5, 0.6) is 5.88 Å². The number of nitrogens with one attached hydrogen (secondary N) is 1. The van der Waals surface area contributed by atoms with E-state index in [4.69, 9.17) is 4.74 Å². The fraction of sp³-hybridized carbons (Fsp3) is 0.273. The Morgan fingerprint density at radius 1 is 1.03 bits per heavy atom. The fourth-order valence-electron chi connectivity index (χ4n) is 3.93. The molecule has 1 aromatic carbocycles. The number of H-pyrrole nitrogens is 1. The minimum absolute atomic E-state index is 0.141. The highest BCUT2D eigenvalue weighted by atomic mass is 19.1. The van der Waals surface area contributed by atoms with Crippen LogP contribution < -0.4 is 15.2 Å². The maximum Gasteiger partial charge on any atom is 0.272 e. The zero-order valence-corrected chi connectivity index (χ0v) is 16.4. The second kappa shape index (κ2) is 7.79. The standard InChI is InChI=1S/C22H22FN5O2/c23-16-4-1-2-5-18(16)27-12-10-26(11-13-27)14-15-30-20-8-7-17-21(25-20)28-9-3-6-19(28)22(29)24-17/h1-9H,10-15H2,(H,24,29). The van der Waals surface area contributed by atoms with Crippen molar-refractivity contribution < 1.29 is 9.13 Å². The van der Waals surface area contributed by atoms with Crippen LogP contribution in [-0.4, -0.2) is 58.6 Å². The SMILES string of the molecule is O=c1[nH]c2ccc(OCCN3CCN(c4ccccc4F)CC3)nc2n2cccc12. The van der Waals surface area contributed by atoms with Crippen LogP contribution in [0.2, 0.25) is 0 Å². The molecule has 8 heteroatoms. The summed E-state index contributed by atoms with van der Waals surface area (Å²) < 4.78 is 21.6. The molecule has 7 nitrogen and oxygen atoms in total. The first-order valence-corrected chi connectivity index (χ1v) is 10.0. The number of hydrogen-bond acceptors (Lipinski definition) is 5. The number of halogens is 1. The number of benzene rings is 1. The minimum Gasteiger partial charge on any atom is -0.476 e. The Hall–Kier alpha value is -3.39. The number of pyridine rings is 1. The Balaban J connectivity index is 1.19. The predicted molar refractivity (Wildman–Crippen MR) is 114 cm³/mol. The highest BCUT2D eigenvalue weighted by Gasteiger charge is 2.19. The zero-order chi connectivity index (χ0) is 20.5. The maximum atomic E-state index is 14.0. The van der Waals surface area contributed by atoms with Crippen LogP contribution in [0, 0.1) is 5.82 Å². The van der Waals surface area contributed by atoms with Crippen LogP contribution in [0.25, 0.3) is 16.7 Å². The molecular formula is C22H22FN5O2. The van der Waals surface area contributed by atoms with Crippen LogP contribution in [0.1, 0.15) is 0 Å². The Morgan fingerprint density at radius 2 is 1.87 bits per heavy atom. The van der Waals surface area contributed by atoms with Crippen molar-refractivity contribution in [3.63, 3.8) is 0 Å². The van der Waals surface area contributed by atoms with Crippen molar-refractivity contribution in [3.05, 3.63) is 70.9 Å². The molecule has 0 atom stereocenters. The van der Waals surface area contributed by atoms with Crippen LogP contribution in [0.3, 0.4) is 0 Å². The first kappa shape index (κ1) is 18.6. The van der Waals surface area contributed by atoms with E-state index in [1.54, 1.807) is 22.6 Å². The van der Waals surface area contributed by atoms with Crippen LogP contribution in [-0.2, 0) is 0 Å². The molecule has 3 aromatic heterocycles. The van der Waals surface area contributed by atoms with E-state index in [0.717, 1.165) is 32.7 Å². The predicted octanol–water partition coefficient (Wildman–Crippen LogP) is 2.52. The van der Waals surface area contributed by atoms with E-state index in [-0.39, 0.29) is 11.4 Å². The molecule has 0 aliphatic carbocycles. The summed E-state index contributed by atoms with van der Waals surface area (Å²) in [5.41, 5.74) is 2.41. The lowest BCUT2D eigenvalue weighted by Crippen LogP contribution is -2.47. The van der Waals surface area contributed by atoms with Crippen molar-refractivity contribution in [2.24, 2.45) is 0 Å². The van der Waals surface area contributed by atoms with Gasteiger partial charge in [-0.15, -0.1) is 0 Å². The van der Waals surface area contributed by atoms with Gasteiger partial charge in [-0.1, -0.05) is 12.1 Å². The van der Waals surface area contributed by atoms with Gasteiger partial charge in [-0.3, -0.25) is 14.1 Å². The molecule has 0 unspecified atom stereocenters. The van der Waals surface area contributed by atoms with Crippen molar-refractivity contribution in [3.8, 4) is 5.88 Å². The highest BCUT2D eigenvalue weighted by molar-refractivity contribution is 5.74. The maximum absolute atomic E-state index is 14.0. The topological polar surface area (TPSA) is 65.9 Å². The second-order valence-corrected chi connectivity index (χ2v) is 7.37. The van der Waals surface area contributed by atoms with E-state index in [9.17, 15) is 9.18 Å². The number of rotatable bonds is 5. The molecule has 1 aliphatic rings. The molecule has 4 heterocycles. The number of para-hydroxylation sites is 1. The van der Waals surface area contributed by atoms with Crippen molar-refractivity contribution in [2.75, 3.05) is 44.2 Å². The molecule has 1 aliphatic heterocycles. The minimum atomic E-state index is -0.171.